The van der Waals surface area contributed by atoms with Gasteiger partial charge in [-0.05, 0) is 47.8 Å². The van der Waals surface area contributed by atoms with Crippen LogP contribution < -0.4 is 5.32 Å². The van der Waals surface area contributed by atoms with Gasteiger partial charge in [0.15, 0.2) is 0 Å². The molecule has 1 aromatic heterocycles. The standard InChI is InChI=1S/C19H28N2O2/c1-19(2)15-7-6-14(18(19)9-15)12-23-13-17(22)11-20-10-16-5-3-4-8-21-16/h3-6,8,15,17-18,20,22H,7,9-13H2,1-2H3/t15-,17+,18-/m0/s1. The van der Waals surface area contributed by atoms with Crippen molar-refractivity contribution in [3.63, 3.8) is 0 Å². The number of aliphatic hydroxyl groups excluding tert-OH is 1. The van der Waals surface area contributed by atoms with E-state index in [4.69, 9.17) is 4.74 Å². The minimum Gasteiger partial charge on any atom is -0.389 e. The van der Waals surface area contributed by atoms with Crippen LogP contribution in [0, 0.1) is 17.3 Å². The molecule has 1 aromatic rings. The lowest BCUT2D eigenvalue weighted by atomic mass is 9.49. The number of rotatable bonds is 8. The molecule has 4 nitrogen and oxygen atoms in total. The van der Waals surface area contributed by atoms with E-state index in [0.717, 1.165) is 11.6 Å². The number of aromatic nitrogens is 1. The molecule has 2 N–H and O–H groups in total. The molecule has 0 saturated heterocycles. The predicted octanol–water partition coefficient (Wildman–Crippen LogP) is 2.54. The maximum atomic E-state index is 10.0. The molecular weight excluding hydrogens is 288 g/mol. The Morgan fingerprint density at radius 3 is 3.00 bits per heavy atom. The van der Waals surface area contributed by atoms with Crippen LogP contribution in [0.1, 0.15) is 32.4 Å². The van der Waals surface area contributed by atoms with Crippen LogP contribution >= 0.6 is 0 Å². The topological polar surface area (TPSA) is 54.4 Å². The van der Waals surface area contributed by atoms with E-state index in [1.807, 2.05) is 18.2 Å². The molecule has 3 atom stereocenters. The summed E-state index contributed by atoms with van der Waals surface area (Å²) in [6, 6.07) is 5.84. The van der Waals surface area contributed by atoms with Crippen molar-refractivity contribution in [2.75, 3.05) is 19.8 Å². The number of allylic oxidation sites excluding steroid dienone is 1. The zero-order valence-electron chi connectivity index (χ0n) is 14.2. The Hall–Kier alpha value is -1.23. The van der Waals surface area contributed by atoms with Crippen molar-refractivity contribution >= 4 is 0 Å². The molecule has 2 bridgehead atoms. The quantitative estimate of drug-likeness (QED) is 0.724. The fourth-order valence-corrected chi connectivity index (χ4v) is 3.88. The highest BCUT2D eigenvalue weighted by Gasteiger charge is 2.50. The molecule has 1 heterocycles. The summed E-state index contributed by atoms with van der Waals surface area (Å²) in [4.78, 5) is 4.24. The Bertz CT molecular complexity index is 542. The van der Waals surface area contributed by atoms with E-state index in [-0.39, 0.29) is 0 Å². The van der Waals surface area contributed by atoms with Crippen molar-refractivity contribution in [1.29, 1.82) is 0 Å². The highest BCUT2D eigenvalue weighted by Crippen LogP contribution is 2.59. The van der Waals surface area contributed by atoms with Gasteiger partial charge in [0.2, 0.25) is 0 Å². The molecule has 4 heteroatoms. The number of fused-ring (bicyclic) bond motifs is 1. The van der Waals surface area contributed by atoms with Crippen molar-refractivity contribution < 1.29 is 9.84 Å². The van der Waals surface area contributed by atoms with E-state index < -0.39 is 6.10 Å². The molecule has 126 valence electrons. The highest BCUT2D eigenvalue weighted by atomic mass is 16.5. The second-order valence-electron chi connectivity index (χ2n) is 7.44. The third kappa shape index (κ3) is 3.82. The minimum atomic E-state index is -0.481. The van der Waals surface area contributed by atoms with Gasteiger partial charge in [-0.2, -0.15) is 0 Å². The predicted molar refractivity (Wildman–Crippen MR) is 90.8 cm³/mol. The molecule has 0 unspecified atom stereocenters. The van der Waals surface area contributed by atoms with Gasteiger partial charge in [-0.25, -0.2) is 0 Å². The minimum absolute atomic E-state index is 0.378. The van der Waals surface area contributed by atoms with E-state index in [2.05, 4.69) is 30.2 Å². The van der Waals surface area contributed by atoms with Gasteiger partial charge in [-0.1, -0.05) is 26.0 Å². The third-order valence-corrected chi connectivity index (χ3v) is 5.57. The second kappa shape index (κ2) is 7.12. The number of ether oxygens (including phenoxy) is 1. The highest BCUT2D eigenvalue weighted by molar-refractivity contribution is 5.23. The van der Waals surface area contributed by atoms with Crippen molar-refractivity contribution in [3.05, 3.63) is 41.7 Å². The van der Waals surface area contributed by atoms with Gasteiger partial charge < -0.3 is 15.2 Å². The average Bonchev–Trinajstić information content (AvgIpc) is 2.56. The lowest BCUT2D eigenvalue weighted by Gasteiger charge is -2.56. The van der Waals surface area contributed by atoms with Gasteiger partial charge in [0.05, 0.1) is 25.0 Å². The van der Waals surface area contributed by atoms with Gasteiger partial charge in [-0.15, -0.1) is 0 Å². The van der Waals surface area contributed by atoms with Crippen LogP contribution in [0.25, 0.3) is 0 Å². The maximum Gasteiger partial charge on any atom is 0.0897 e. The molecule has 0 aliphatic heterocycles. The SMILES string of the molecule is CC1(C)[C@H]2CC=C(COC[C@H](O)CNCc3ccccn3)[C@@H]1C2. The molecule has 23 heavy (non-hydrogen) atoms. The van der Waals surface area contributed by atoms with E-state index in [0.29, 0.717) is 37.6 Å². The number of nitrogens with one attached hydrogen (secondary N) is 1. The van der Waals surface area contributed by atoms with E-state index >= 15 is 0 Å². The molecule has 1 saturated carbocycles. The summed E-state index contributed by atoms with van der Waals surface area (Å²) in [6.45, 7) is 6.97. The molecular formula is C19H28N2O2. The number of hydrogen-bond donors (Lipinski definition) is 2. The maximum absolute atomic E-state index is 10.0. The zero-order valence-corrected chi connectivity index (χ0v) is 14.2. The number of aliphatic hydroxyl groups is 1. The van der Waals surface area contributed by atoms with Crippen molar-refractivity contribution in [2.24, 2.45) is 17.3 Å². The summed E-state index contributed by atoms with van der Waals surface area (Å²) in [5.41, 5.74) is 2.86. The normalized spacial score (nSPS) is 26.3. The van der Waals surface area contributed by atoms with Crippen LogP contribution in [0.5, 0.6) is 0 Å². The first kappa shape index (κ1) is 16.6. The lowest BCUT2D eigenvalue weighted by molar-refractivity contribution is -0.0235. The number of pyridine rings is 1. The summed E-state index contributed by atoms with van der Waals surface area (Å²) in [5, 5.41) is 13.2. The average molecular weight is 316 g/mol. The second-order valence-corrected chi connectivity index (χ2v) is 7.44. The van der Waals surface area contributed by atoms with Crippen LogP contribution in [0.15, 0.2) is 36.0 Å². The molecule has 0 amide bonds. The van der Waals surface area contributed by atoms with Crippen LogP contribution in [0.4, 0.5) is 0 Å². The molecule has 3 aliphatic carbocycles. The summed E-state index contributed by atoms with van der Waals surface area (Å²) < 4.78 is 5.75. The molecule has 1 fully saturated rings. The first-order valence-electron chi connectivity index (χ1n) is 8.62. The largest absolute Gasteiger partial charge is 0.389 e. The van der Waals surface area contributed by atoms with Gasteiger partial charge in [0.1, 0.15) is 0 Å². The Morgan fingerprint density at radius 1 is 1.43 bits per heavy atom. The molecule has 4 rings (SSSR count). The lowest BCUT2D eigenvalue weighted by Crippen LogP contribution is -2.48. The molecule has 0 aromatic carbocycles. The van der Waals surface area contributed by atoms with Crippen LogP contribution in [0.2, 0.25) is 0 Å². The summed E-state index contributed by atoms with van der Waals surface area (Å²) in [5.74, 6) is 1.54. The summed E-state index contributed by atoms with van der Waals surface area (Å²) >= 11 is 0. The first-order chi connectivity index (χ1) is 11.1. The van der Waals surface area contributed by atoms with Gasteiger partial charge in [0, 0.05) is 19.3 Å². The fraction of sp³-hybridized carbons (Fsp3) is 0.632. The number of nitrogens with zero attached hydrogens (tertiary/aromatic N) is 1. The molecule has 3 aliphatic rings. The zero-order chi connectivity index (χ0) is 16.3. The Balaban J connectivity index is 1.32. The smallest absolute Gasteiger partial charge is 0.0897 e. The van der Waals surface area contributed by atoms with Crippen molar-refractivity contribution in [2.45, 2.75) is 39.3 Å². The molecule has 0 spiro atoms. The van der Waals surface area contributed by atoms with Gasteiger partial charge in [-0.3, -0.25) is 4.98 Å². The Morgan fingerprint density at radius 2 is 2.30 bits per heavy atom. The first-order valence-corrected chi connectivity index (χ1v) is 8.62. The Labute approximate surface area is 139 Å². The summed E-state index contributed by atoms with van der Waals surface area (Å²) in [7, 11) is 0. The van der Waals surface area contributed by atoms with Crippen LogP contribution in [-0.2, 0) is 11.3 Å². The summed E-state index contributed by atoms with van der Waals surface area (Å²) in [6.07, 6.45) is 6.16. The van der Waals surface area contributed by atoms with Crippen LogP contribution in [0.3, 0.4) is 0 Å². The third-order valence-electron chi connectivity index (χ3n) is 5.57. The van der Waals surface area contributed by atoms with Crippen molar-refractivity contribution in [3.8, 4) is 0 Å². The van der Waals surface area contributed by atoms with Gasteiger partial charge >= 0.3 is 0 Å². The van der Waals surface area contributed by atoms with E-state index in [1.165, 1.54) is 18.4 Å². The van der Waals surface area contributed by atoms with E-state index in [1.54, 1.807) is 6.20 Å². The van der Waals surface area contributed by atoms with Crippen LogP contribution in [-0.4, -0.2) is 36.0 Å². The van der Waals surface area contributed by atoms with Gasteiger partial charge in [0.25, 0.3) is 0 Å². The monoisotopic (exact) mass is 316 g/mol. The molecule has 0 radical (unpaired) electrons. The Kier molecular flexibility index (Phi) is 5.14. The number of hydrogen-bond acceptors (Lipinski definition) is 4. The van der Waals surface area contributed by atoms with E-state index in [9.17, 15) is 5.11 Å². The fourth-order valence-electron chi connectivity index (χ4n) is 3.88. The van der Waals surface area contributed by atoms with Crippen molar-refractivity contribution in [1.82, 2.24) is 10.3 Å².